The number of nitrogens with zero attached hydrogens (tertiary/aromatic N) is 2. The molecule has 0 N–H and O–H groups in total. The van der Waals surface area contributed by atoms with Gasteiger partial charge in [-0.1, -0.05) is 283 Å². The molecule has 0 amide bonds. The summed E-state index contributed by atoms with van der Waals surface area (Å²) in [4.78, 5) is 4.89. The molecule has 0 radical (unpaired) electrons. The highest BCUT2D eigenvalue weighted by Crippen LogP contribution is 2.54. The molecule has 2 aliphatic rings. The normalized spacial score (nSPS) is 13.4. The Morgan fingerprint density at radius 2 is 0.558 bits per heavy atom. The van der Waals surface area contributed by atoms with Crippen LogP contribution in [0, 0.1) is 0 Å². The third-order valence-corrected chi connectivity index (χ3v) is 18.2. The van der Waals surface area contributed by atoms with Crippen molar-refractivity contribution in [2.45, 2.75) is 38.5 Å². The Labute approximate surface area is 505 Å². The summed E-state index contributed by atoms with van der Waals surface area (Å²) in [6, 6.07) is 107. The van der Waals surface area contributed by atoms with Crippen molar-refractivity contribution in [1.29, 1.82) is 0 Å². The number of hydrogen-bond acceptors (Lipinski definition) is 2. The van der Waals surface area contributed by atoms with Gasteiger partial charge in [-0.05, 0) is 160 Å². The maximum atomic E-state index is 2.44. The minimum absolute atomic E-state index is 0.214. The quantitative estimate of drug-likeness (QED) is 0.113. The molecule has 2 nitrogen and oxygen atoms in total. The minimum atomic E-state index is -0.214. The highest BCUT2D eigenvalue weighted by atomic mass is 15.1. The maximum absolute atomic E-state index is 2.44. The van der Waals surface area contributed by atoms with Crippen molar-refractivity contribution in [3.05, 3.63) is 336 Å². The van der Waals surface area contributed by atoms with Crippen LogP contribution in [0.3, 0.4) is 0 Å². The largest absolute Gasteiger partial charge is 0.310 e. The Morgan fingerprint density at radius 1 is 0.244 bits per heavy atom. The predicted octanol–water partition coefficient (Wildman–Crippen LogP) is 23.2. The molecule has 15 rings (SSSR count). The second kappa shape index (κ2) is 21.3. The van der Waals surface area contributed by atoms with Gasteiger partial charge >= 0.3 is 0 Å². The Kier molecular flexibility index (Phi) is 12.9. The van der Waals surface area contributed by atoms with E-state index in [1.807, 2.05) is 0 Å². The fourth-order valence-corrected chi connectivity index (χ4v) is 13.6. The first-order valence-corrected chi connectivity index (χ1v) is 30.0. The summed E-state index contributed by atoms with van der Waals surface area (Å²) in [6.45, 7) is 9.53. The maximum Gasteiger partial charge on any atom is 0.0540 e. The van der Waals surface area contributed by atoms with Crippen LogP contribution >= 0.6 is 0 Å². The van der Waals surface area contributed by atoms with E-state index in [9.17, 15) is 0 Å². The van der Waals surface area contributed by atoms with Crippen molar-refractivity contribution in [2.24, 2.45) is 0 Å². The molecule has 13 aromatic rings. The summed E-state index contributed by atoms with van der Waals surface area (Å²) in [6.07, 6.45) is 9.00. The van der Waals surface area contributed by atoms with Gasteiger partial charge in [0, 0.05) is 44.4 Å². The third-order valence-electron chi connectivity index (χ3n) is 18.2. The number of fused-ring (bicyclic) bond motifs is 8. The Morgan fingerprint density at radius 3 is 0.988 bits per heavy atom. The standard InChI is InChI=1S/C84H64N2/c1-83(2)77-51-59(43-47-73(77)75-49-45-69(55-79(75)83)85(81-33-17-25-63-23-11-13-31-71(63)81)67-29-15-27-65(53-67)61-19-7-5-8-20-61)41-39-57-35-37-58(38-36-57)40-42-60-44-48-74-76-50-46-70(56-80(76)84(3,4)78(74)52-60)86(82-34-18-26-64-24-12-14-32-72(64)82)68-30-16-28-66(54-68)62-21-9-6-10-22-62/h5-56H,1-4H3. The lowest BCUT2D eigenvalue weighted by Gasteiger charge is -2.29. The van der Waals surface area contributed by atoms with Crippen molar-refractivity contribution in [3.8, 4) is 44.5 Å². The van der Waals surface area contributed by atoms with Crippen LogP contribution in [0.4, 0.5) is 34.1 Å². The molecule has 13 aromatic carbocycles. The molecule has 0 unspecified atom stereocenters. The summed E-state index contributed by atoms with van der Waals surface area (Å²) in [7, 11) is 0. The summed E-state index contributed by atoms with van der Waals surface area (Å²) >= 11 is 0. The lowest BCUT2D eigenvalue weighted by atomic mass is 9.81. The molecule has 86 heavy (non-hydrogen) atoms. The molecule has 2 heteroatoms. The summed E-state index contributed by atoms with van der Waals surface area (Å²) in [5.41, 5.74) is 26.5. The fraction of sp³-hybridized carbons (Fsp3) is 0.0714. The van der Waals surface area contributed by atoms with Gasteiger partial charge in [-0.25, -0.2) is 0 Å². The van der Waals surface area contributed by atoms with Gasteiger partial charge in [-0.2, -0.15) is 0 Å². The average Bonchev–Trinajstić information content (AvgIpc) is 1.84. The van der Waals surface area contributed by atoms with Gasteiger partial charge in [0.15, 0.2) is 0 Å². The van der Waals surface area contributed by atoms with Crippen molar-refractivity contribution >= 4 is 80.0 Å². The molecule has 0 spiro atoms. The lowest BCUT2D eigenvalue weighted by molar-refractivity contribution is 0.660. The lowest BCUT2D eigenvalue weighted by Crippen LogP contribution is -2.17. The molecule has 0 bridgehead atoms. The van der Waals surface area contributed by atoms with Crippen LogP contribution in [0.25, 0.3) is 90.4 Å². The van der Waals surface area contributed by atoms with E-state index in [0.717, 1.165) is 34.1 Å². The third kappa shape index (κ3) is 9.32. The summed E-state index contributed by atoms with van der Waals surface area (Å²) in [5.74, 6) is 0. The molecule has 0 saturated carbocycles. The molecule has 2 aliphatic carbocycles. The Hall–Kier alpha value is -10.5. The van der Waals surface area contributed by atoms with E-state index < -0.39 is 0 Å². The van der Waals surface area contributed by atoms with E-state index in [4.69, 9.17) is 0 Å². The van der Waals surface area contributed by atoms with Crippen LogP contribution in [0.2, 0.25) is 0 Å². The first-order chi connectivity index (χ1) is 42.1. The van der Waals surface area contributed by atoms with Crippen LogP contribution in [0.5, 0.6) is 0 Å². The van der Waals surface area contributed by atoms with Crippen molar-refractivity contribution in [3.63, 3.8) is 0 Å². The summed E-state index contributed by atoms with van der Waals surface area (Å²) < 4.78 is 0. The molecule has 0 heterocycles. The van der Waals surface area contributed by atoms with Gasteiger partial charge in [-0.3, -0.25) is 0 Å². The van der Waals surface area contributed by atoms with Crippen molar-refractivity contribution in [1.82, 2.24) is 0 Å². The molecule has 0 aromatic heterocycles. The predicted molar refractivity (Wildman–Crippen MR) is 368 cm³/mol. The highest BCUT2D eigenvalue weighted by Gasteiger charge is 2.38. The first-order valence-electron chi connectivity index (χ1n) is 30.0. The Balaban J connectivity index is 0.671. The first kappa shape index (κ1) is 52.3. The molecular weight excluding hydrogens is 1040 g/mol. The van der Waals surface area contributed by atoms with E-state index in [2.05, 4.69) is 353 Å². The molecule has 0 fully saturated rings. The van der Waals surface area contributed by atoms with Crippen LogP contribution < -0.4 is 9.80 Å². The van der Waals surface area contributed by atoms with E-state index >= 15 is 0 Å². The van der Waals surface area contributed by atoms with Crippen LogP contribution in [0.15, 0.2) is 291 Å². The van der Waals surface area contributed by atoms with Crippen molar-refractivity contribution in [2.75, 3.05) is 9.80 Å². The van der Waals surface area contributed by atoms with E-state index in [1.54, 1.807) is 0 Å². The monoisotopic (exact) mass is 1100 g/mol. The second-order valence-electron chi connectivity index (χ2n) is 24.2. The number of hydrogen-bond donors (Lipinski definition) is 0. The SMILES string of the molecule is CC1(C)c2cc(C=Cc3ccc(C=Cc4ccc5c(c4)C(C)(C)c4cc(N(c6cccc(-c7ccccc7)c6)c6cccc7ccccc67)ccc4-5)cc3)ccc2-c2ccc(N(c3cccc(-c4ccccc4)c3)c3cccc4ccccc34)cc21. The summed E-state index contributed by atoms with van der Waals surface area (Å²) in [5, 5.41) is 4.88. The van der Waals surface area contributed by atoms with Gasteiger partial charge in [0.2, 0.25) is 0 Å². The minimum Gasteiger partial charge on any atom is -0.310 e. The zero-order valence-corrected chi connectivity index (χ0v) is 48.9. The second-order valence-corrected chi connectivity index (χ2v) is 24.2. The zero-order chi connectivity index (χ0) is 57.9. The molecule has 410 valence electrons. The molecule has 0 atom stereocenters. The van der Waals surface area contributed by atoms with E-state index in [0.29, 0.717) is 0 Å². The van der Waals surface area contributed by atoms with Gasteiger partial charge < -0.3 is 9.80 Å². The van der Waals surface area contributed by atoms with Gasteiger partial charge in [0.25, 0.3) is 0 Å². The number of rotatable bonds is 12. The molecule has 0 saturated heterocycles. The highest BCUT2D eigenvalue weighted by molar-refractivity contribution is 6.01. The average molecular weight is 1100 g/mol. The fourth-order valence-electron chi connectivity index (χ4n) is 13.6. The van der Waals surface area contributed by atoms with Gasteiger partial charge in [-0.15, -0.1) is 0 Å². The van der Waals surface area contributed by atoms with Crippen LogP contribution in [-0.4, -0.2) is 0 Å². The number of benzene rings is 13. The van der Waals surface area contributed by atoms with Crippen LogP contribution in [0.1, 0.15) is 72.2 Å². The van der Waals surface area contributed by atoms with E-state index in [1.165, 1.54) is 111 Å². The Bertz CT molecular complexity index is 4490. The van der Waals surface area contributed by atoms with Gasteiger partial charge in [0.1, 0.15) is 0 Å². The number of anilines is 6. The van der Waals surface area contributed by atoms with Crippen LogP contribution in [-0.2, 0) is 10.8 Å². The zero-order valence-electron chi connectivity index (χ0n) is 48.9. The smallest absolute Gasteiger partial charge is 0.0540 e. The van der Waals surface area contributed by atoms with Crippen molar-refractivity contribution < 1.29 is 0 Å². The molecule has 0 aliphatic heterocycles. The van der Waals surface area contributed by atoms with E-state index in [-0.39, 0.29) is 10.8 Å². The topological polar surface area (TPSA) is 6.48 Å². The molecular formula is C84H64N2. The van der Waals surface area contributed by atoms with Gasteiger partial charge in [0.05, 0.1) is 11.4 Å².